The number of rotatable bonds is 6. The highest BCUT2D eigenvalue weighted by Gasteiger charge is 2.32. The summed E-state index contributed by atoms with van der Waals surface area (Å²) in [6.45, 7) is 10.7. The van der Waals surface area contributed by atoms with Crippen molar-refractivity contribution in [2.24, 2.45) is 17.1 Å². The summed E-state index contributed by atoms with van der Waals surface area (Å²) in [4.78, 5) is 34.8. The van der Waals surface area contributed by atoms with Gasteiger partial charge in [0.05, 0.1) is 12.0 Å². The number of carbonyl (C=O) groups excluding carboxylic acids is 3. The van der Waals surface area contributed by atoms with Gasteiger partial charge in [0, 0.05) is 6.54 Å². The number of hydrogen-bond acceptors (Lipinski definition) is 4. The summed E-state index contributed by atoms with van der Waals surface area (Å²) in [5.41, 5.74) is 4.58. The van der Waals surface area contributed by atoms with Gasteiger partial charge in [0.25, 0.3) is 0 Å². The minimum atomic E-state index is -0.775. The number of primary amides is 1. The molecule has 4 N–H and O–H groups in total. The van der Waals surface area contributed by atoms with Crippen molar-refractivity contribution in [2.75, 3.05) is 6.54 Å². The Morgan fingerprint density at radius 1 is 1.14 bits per heavy atom. The predicted octanol–water partition coefficient (Wildman–Crippen LogP) is 0.773. The Morgan fingerprint density at radius 3 is 2.05 bits per heavy atom. The molecule has 0 fully saturated rings. The van der Waals surface area contributed by atoms with E-state index in [0.29, 0.717) is 0 Å². The summed E-state index contributed by atoms with van der Waals surface area (Å²) >= 11 is 0. The van der Waals surface area contributed by atoms with E-state index in [9.17, 15) is 14.4 Å². The first-order valence-electron chi connectivity index (χ1n) is 6.99. The number of carbonyl (C=O) groups is 3. The molecule has 0 bridgehead atoms. The van der Waals surface area contributed by atoms with E-state index in [0.717, 1.165) is 0 Å². The van der Waals surface area contributed by atoms with Crippen LogP contribution in [0, 0.1) is 11.3 Å². The minimum absolute atomic E-state index is 0.136. The number of nitrogens with two attached hydrogens (primary N) is 1. The molecule has 122 valence electrons. The van der Waals surface area contributed by atoms with Crippen LogP contribution in [0.3, 0.4) is 0 Å². The van der Waals surface area contributed by atoms with Crippen molar-refractivity contribution in [2.45, 2.75) is 53.7 Å². The molecule has 0 heterocycles. The second kappa shape index (κ2) is 7.85. The lowest BCUT2D eigenvalue weighted by Gasteiger charge is -2.30. The van der Waals surface area contributed by atoms with Crippen molar-refractivity contribution >= 4 is 17.9 Å². The van der Waals surface area contributed by atoms with Crippen molar-refractivity contribution in [1.29, 1.82) is 0 Å². The number of hydrogen-bond donors (Lipinski definition) is 3. The number of ether oxygens (including phenoxy) is 1. The van der Waals surface area contributed by atoms with Gasteiger partial charge in [-0.3, -0.25) is 9.59 Å². The molecule has 7 heteroatoms. The zero-order valence-electron chi connectivity index (χ0n) is 13.6. The Labute approximate surface area is 126 Å². The third-order valence-electron chi connectivity index (χ3n) is 2.75. The fourth-order valence-corrected chi connectivity index (χ4v) is 1.61. The second-order valence-electron chi connectivity index (χ2n) is 6.44. The Bertz CT molecular complexity index is 388. The summed E-state index contributed by atoms with van der Waals surface area (Å²) in [6, 6.07) is -1.54. The Balaban J connectivity index is 4.57. The van der Waals surface area contributed by atoms with E-state index in [1.807, 2.05) is 20.8 Å². The molecule has 21 heavy (non-hydrogen) atoms. The molecule has 0 spiro atoms. The second-order valence-corrected chi connectivity index (χ2v) is 6.44. The largest absolute Gasteiger partial charge is 0.463 e. The van der Waals surface area contributed by atoms with Crippen LogP contribution < -0.4 is 16.4 Å². The van der Waals surface area contributed by atoms with Gasteiger partial charge in [-0.2, -0.15) is 0 Å². The third kappa shape index (κ3) is 7.53. The molecule has 0 unspecified atom stereocenters. The Hall–Kier alpha value is -1.79. The molecule has 2 atom stereocenters. The summed E-state index contributed by atoms with van der Waals surface area (Å²) in [5, 5.41) is 5.05. The first kappa shape index (κ1) is 19.2. The van der Waals surface area contributed by atoms with E-state index in [1.165, 1.54) is 0 Å². The van der Waals surface area contributed by atoms with Gasteiger partial charge in [-0.15, -0.1) is 0 Å². The van der Waals surface area contributed by atoms with Gasteiger partial charge < -0.3 is 21.1 Å². The maximum absolute atomic E-state index is 12.1. The fraction of sp³-hybridized carbons (Fsp3) is 0.786. The van der Waals surface area contributed by atoms with Crippen molar-refractivity contribution in [3.63, 3.8) is 0 Å². The number of nitrogens with one attached hydrogen (secondary N) is 2. The van der Waals surface area contributed by atoms with Gasteiger partial charge in [0.1, 0.15) is 6.04 Å². The summed E-state index contributed by atoms with van der Waals surface area (Å²) in [5.74, 6) is -1.23. The van der Waals surface area contributed by atoms with Gasteiger partial charge in [0.15, 0.2) is 0 Å². The molecule has 0 saturated heterocycles. The van der Waals surface area contributed by atoms with Gasteiger partial charge in [-0.25, -0.2) is 4.79 Å². The van der Waals surface area contributed by atoms with Crippen LogP contribution in [0.2, 0.25) is 0 Å². The smallest absolute Gasteiger partial charge is 0.312 e. The quantitative estimate of drug-likeness (QED) is 0.629. The van der Waals surface area contributed by atoms with Gasteiger partial charge in [-0.1, -0.05) is 27.7 Å². The molecule has 0 saturated carbocycles. The average molecular weight is 301 g/mol. The van der Waals surface area contributed by atoms with Crippen LogP contribution in [0.25, 0.3) is 0 Å². The maximum Gasteiger partial charge on any atom is 0.312 e. The first-order chi connectivity index (χ1) is 9.45. The maximum atomic E-state index is 12.1. The highest BCUT2D eigenvalue weighted by atomic mass is 16.5. The molecule has 0 aromatic heterocycles. The van der Waals surface area contributed by atoms with Gasteiger partial charge in [-0.05, 0) is 19.3 Å². The highest BCUT2D eigenvalue weighted by molar-refractivity contribution is 5.87. The van der Waals surface area contributed by atoms with E-state index < -0.39 is 23.4 Å². The average Bonchev–Trinajstić information content (AvgIpc) is 2.30. The number of urea groups is 1. The lowest BCUT2D eigenvalue weighted by atomic mass is 9.86. The van der Waals surface area contributed by atoms with Crippen LogP contribution in [-0.4, -0.2) is 36.6 Å². The van der Waals surface area contributed by atoms with Gasteiger partial charge in [0.2, 0.25) is 5.91 Å². The van der Waals surface area contributed by atoms with Crippen molar-refractivity contribution in [3.8, 4) is 0 Å². The third-order valence-corrected chi connectivity index (χ3v) is 2.75. The van der Waals surface area contributed by atoms with Crippen LogP contribution in [0.4, 0.5) is 4.79 Å². The number of amides is 3. The molecule has 0 aliphatic heterocycles. The molecule has 0 radical (unpaired) electrons. The SMILES string of the molecule is CC(C)OC(=O)[C@H](C)CNC(=O)[C@@H](NC(N)=O)C(C)(C)C. The van der Waals surface area contributed by atoms with Crippen molar-refractivity contribution < 1.29 is 19.1 Å². The lowest BCUT2D eigenvalue weighted by molar-refractivity contribution is -0.151. The minimum Gasteiger partial charge on any atom is -0.463 e. The van der Waals surface area contributed by atoms with Crippen molar-refractivity contribution in [3.05, 3.63) is 0 Å². The highest BCUT2D eigenvalue weighted by Crippen LogP contribution is 2.19. The molecular formula is C14H27N3O4. The summed E-state index contributed by atoms with van der Waals surface area (Å²) in [7, 11) is 0. The summed E-state index contributed by atoms with van der Waals surface area (Å²) < 4.78 is 5.06. The molecular weight excluding hydrogens is 274 g/mol. The van der Waals surface area contributed by atoms with E-state index in [2.05, 4.69) is 10.6 Å². The van der Waals surface area contributed by atoms with E-state index in [4.69, 9.17) is 10.5 Å². The van der Waals surface area contributed by atoms with Gasteiger partial charge >= 0.3 is 12.0 Å². The van der Waals surface area contributed by atoms with E-state index in [1.54, 1.807) is 20.8 Å². The Morgan fingerprint density at radius 2 is 1.67 bits per heavy atom. The van der Waals surface area contributed by atoms with Crippen LogP contribution in [0.5, 0.6) is 0 Å². The predicted molar refractivity (Wildman–Crippen MR) is 79.4 cm³/mol. The van der Waals surface area contributed by atoms with Crippen LogP contribution in [-0.2, 0) is 14.3 Å². The Kier molecular flexibility index (Phi) is 7.18. The van der Waals surface area contributed by atoms with Crippen molar-refractivity contribution in [1.82, 2.24) is 10.6 Å². The molecule has 0 aromatic carbocycles. The monoisotopic (exact) mass is 301 g/mol. The molecule has 0 aromatic rings. The molecule has 7 nitrogen and oxygen atoms in total. The molecule has 3 amide bonds. The fourth-order valence-electron chi connectivity index (χ4n) is 1.61. The normalized spacial score (nSPS) is 14.2. The van der Waals surface area contributed by atoms with E-state index in [-0.39, 0.29) is 24.5 Å². The van der Waals surface area contributed by atoms with Crippen LogP contribution >= 0.6 is 0 Å². The molecule has 0 rings (SSSR count). The van der Waals surface area contributed by atoms with Crippen LogP contribution in [0.1, 0.15) is 41.5 Å². The van der Waals surface area contributed by atoms with E-state index >= 15 is 0 Å². The lowest BCUT2D eigenvalue weighted by Crippen LogP contribution is -2.55. The zero-order valence-corrected chi connectivity index (χ0v) is 13.6. The molecule has 0 aliphatic rings. The standard InChI is InChI=1S/C14H27N3O4/c1-8(2)21-12(19)9(3)7-16-11(18)10(14(4,5)6)17-13(15)20/h8-10H,7H2,1-6H3,(H,16,18)(H3,15,17,20)/t9-,10-/m1/s1. The zero-order chi connectivity index (χ0) is 16.8. The first-order valence-corrected chi connectivity index (χ1v) is 6.99. The summed E-state index contributed by atoms with van der Waals surface area (Å²) in [6.07, 6.45) is -0.200. The van der Waals surface area contributed by atoms with Crippen LogP contribution in [0.15, 0.2) is 0 Å². The number of esters is 1. The molecule has 0 aliphatic carbocycles. The topological polar surface area (TPSA) is 111 Å².